The fourth-order valence-electron chi connectivity index (χ4n) is 0.779. The zero-order chi connectivity index (χ0) is 12.7. The standard InChI is InChI=1S/C5H9NO.C4H6ClNO3/c1-4(6-7)5-2-3-5;1-6(4(8)9)3(7)2-5/h5,7H,2-3H2,1H3;2H2,1H3,(H,8,9)/b6-4-;. The van der Waals surface area contributed by atoms with Gasteiger partial charge in [-0.05, 0) is 19.8 Å². The van der Waals surface area contributed by atoms with Crippen molar-refractivity contribution in [1.29, 1.82) is 0 Å². The largest absolute Gasteiger partial charge is 0.465 e. The molecule has 1 saturated carbocycles. The van der Waals surface area contributed by atoms with Gasteiger partial charge in [0.1, 0.15) is 5.88 Å². The van der Waals surface area contributed by atoms with Crippen LogP contribution in [0.5, 0.6) is 0 Å². The van der Waals surface area contributed by atoms with E-state index in [2.05, 4.69) is 5.16 Å². The number of amides is 2. The Morgan fingerprint density at radius 1 is 1.50 bits per heavy atom. The molecule has 0 aliphatic heterocycles. The van der Waals surface area contributed by atoms with Crippen molar-refractivity contribution in [3.63, 3.8) is 0 Å². The van der Waals surface area contributed by atoms with E-state index >= 15 is 0 Å². The molecule has 2 N–H and O–H groups in total. The second-order valence-corrected chi connectivity index (χ2v) is 3.65. The predicted octanol–water partition coefficient (Wildman–Crippen LogP) is 1.61. The number of hydrogen-bond acceptors (Lipinski definition) is 4. The van der Waals surface area contributed by atoms with E-state index in [0.717, 1.165) is 12.8 Å². The highest BCUT2D eigenvalue weighted by Gasteiger charge is 2.24. The Balaban J connectivity index is 0.000000288. The summed E-state index contributed by atoms with van der Waals surface area (Å²) in [4.78, 5) is 20.8. The number of imide groups is 1. The van der Waals surface area contributed by atoms with E-state index in [-0.39, 0.29) is 5.88 Å². The molecule has 16 heavy (non-hydrogen) atoms. The second-order valence-electron chi connectivity index (χ2n) is 3.38. The van der Waals surface area contributed by atoms with Gasteiger partial charge >= 0.3 is 6.09 Å². The minimum absolute atomic E-state index is 0.303. The minimum atomic E-state index is -1.29. The number of carbonyl (C=O) groups excluding carboxylic acids is 1. The highest BCUT2D eigenvalue weighted by atomic mass is 35.5. The molecule has 0 unspecified atom stereocenters. The fourth-order valence-corrected chi connectivity index (χ4v) is 0.958. The Morgan fingerprint density at radius 2 is 2.00 bits per heavy atom. The Kier molecular flexibility index (Phi) is 6.48. The number of halogens is 1. The van der Waals surface area contributed by atoms with Crippen LogP contribution in [0.25, 0.3) is 0 Å². The molecule has 0 atom stereocenters. The van der Waals surface area contributed by atoms with Gasteiger partial charge < -0.3 is 10.3 Å². The van der Waals surface area contributed by atoms with Crippen molar-refractivity contribution in [3.8, 4) is 0 Å². The third kappa shape index (κ3) is 5.55. The minimum Gasteiger partial charge on any atom is -0.465 e. The summed E-state index contributed by atoms with van der Waals surface area (Å²) in [7, 11) is 1.15. The first-order valence-corrected chi connectivity index (χ1v) is 5.21. The SMILES string of the molecule is C/C(=N/O)C1CC1.CN(C(=O)O)C(=O)CCl. The highest BCUT2D eigenvalue weighted by molar-refractivity contribution is 6.28. The van der Waals surface area contributed by atoms with Crippen molar-refractivity contribution in [3.05, 3.63) is 0 Å². The number of hydrogen-bond donors (Lipinski definition) is 2. The molecule has 0 bridgehead atoms. The number of rotatable bonds is 2. The van der Waals surface area contributed by atoms with E-state index in [1.165, 1.54) is 12.8 Å². The molecule has 0 spiro atoms. The van der Waals surface area contributed by atoms with Crippen LogP contribution < -0.4 is 0 Å². The molecule has 0 radical (unpaired) electrons. The second kappa shape index (κ2) is 7.05. The molecule has 0 saturated heterocycles. The number of oxime groups is 1. The van der Waals surface area contributed by atoms with E-state index in [9.17, 15) is 9.59 Å². The van der Waals surface area contributed by atoms with Crippen LogP contribution in [0, 0.1) is 5.92 Å². The Morgan fingerprint density at radius 3 is 2.12 bits per heavy atom. The lowest BCUT2D eigenvalue weighted by Gasteiger charge is -2.06. The van der Waals surface area contributed by atoms with Crippen LogP contribution in [-0.4, -0.2) is 45.9 Å². The predicted molar refractivity (Wildman–Crippen MR) is 59.1 cm³/mol. The van der Waals surface area contributed by atoms with Gasteiger partial charge in [-0.15, -0.1) is 11.6 Å². The first kappa shape index (κ1) is 14.7. The summed E-state index contributed by atoms with van der Waals surface area (Å²) in [5.74, 6) is -0.308. The molecular weight excluding hydrogens is 236 g/mol. The molecule has 0 aromatic rings. The first-order valence-electron chi connectivity index (χ1n) is 4.68. The Bertz CT molecular complexity index is 289. The van der Waals surface area contributed by atoms with Gasteiger partial charge in [0, 0.05) is 13.0 Å². The number of nitrogens with zero attached hydrogens (tertiary/aromatic N) is 2. The summed E-state index contributed by atoms with van der Waals surface area (Å²) in [6.45, 7) is 1.86. The molecule has 1 fully saturated rings. The lowest BCUT2D eigenvalue weighted by Crippen LogP contribution is -2.32. The van der Waals surface area contributed by atoms with Crippen molar-refractivity contribution in [1.82, 2.24) is 4.90 Å². The monoisotopic (exact) mass is 250 g/mol. The molecule has 1 aliphatic rings. The maximum Gasteiger partial charge on any atom is 0.413 e. The Hall–Kier alpha value is -1.30. The lowest BCUT2D eigenvalue weighted by molar-refractivity contribution is -0.125. The molecule has 92 valence electrons. The molecule has 1 aliphatic carbocycles. The van der Waals surface area contributed by atoms with Crippen molar-refractivity contribution in [2.75, 3.05) is 12.9 Å². The zero-order valence-electron chi connectivity index (χ0n) is 9.18. The van der Waals surface area contributed by atoms with Crippen molar-refractivity contribution in [2.45, 2.75) is 19.8 Å². The van der Waals surface area contributed by atoms with Crippen molar-refractivity contribution >= 4 is 29.3 Å². The van der Waals surface area contributed by atoms with Gasteiger partial charge in [-0.3, -0.25) is 4.79 Å². The normalized spacial score (nSPS) is 14.8. The maximum atomic E-state index is 10.4. The van der Waals surface area contributed by atoms with E-state index in [0.29, 0.717) is 10.8 Å². The summed E-state index contributed by atoms with van der Waals surface area (Å²) in [5.41, 5.74) is 0.889. The molecule has 0 aromatic carbocycles. The Labute approximate surface area is 98.5 Å². The third-order valence-corrected chi connectivity index (χ3v) is 2.33. The number of alkyl halides is 1. The smallest absolute Gasteiger partial charge is 0.413 e. The van der Waals surface area contributed by atoms with Crippen LogP contribution >= 0.6 is 11.6 Å². The van der Waals surface area contributed by atoms with Gasteiger partial charge in [-0.1, -0.05) is 5.16 Å². The van der Waals surface area contributed by atoms with E-state index in [1.807, 2.05) is 6.92 Å². The molecule has 2 amide bonds. The molecule has 0 aromatic heterocycles. The topological polar surface area (TPSA) is 90.2 Å². The summed E-state index contributed by atoms with van der Waals surface area (Å²) in [6, 6.07) is 0. The van der Waals surface area contributed by atoms with Gasteiger partial charge in [0.25, 0.3) is 0 Å². The number of carboxylic acid groups (broad SMARTS) is 1. The average Bonchev–Trinajstić information content (AvgIpc) is 3.10. The van der Waals surface area contributed by atoms with Crippen LogP contribution in [0.15, 0.2) is 5.16 Å². The van der Waals surface area contributed by atoms with Crippen molar-refractivity contribution in [2.24, 2.45) is 11.1 Å². The van der Waals surface area contributed by atoms with Crippen LogP contribution in [0.4, 0.5) is 4.79 Å². The average molecular weight is 251 g/mol. The third-order valence-electron chi connectivity index (χ3n) is 2.10. The van der Waals surface area contributed by atoms with Crippen LogP contribution in [0.1, 0.15) is 19.8 Å². The van der Waals surface area contributed by atoms with Gasteiger partial charge in [0.05, 0.1) is 5.71 Å². The maximum absolute atomic E-state index is 10.4. The molecule has 6 nitrogen and oxygen atoms in total. The van der Waals surface area contributed by atoms with Gasteiger partial charge in [0.15, 0.2) is 0 Å². The quantitative estimate of drug-likeness (QED) is 0.337. The molecular formula is C9H15ClN2O4. The summed E-state index contributed by atoms with van der Waals surface area (Å²) < 4.78 is 0. The van der Waals surface area contributed by atoms with Crippen LogP contribution in [0.2, 0.25) is 0 Å². The van der Waals surface area contributed by atoms with E-state index < -0.39 is 12.0 Å². The lowest BCUT2D eigenvalue weighted by atomic mass is 10.3. The van der Waals surface area contributed by atoms with Gasteiger partial charge in [0.2, 0.25) is 5.91 Å². The van der Waals surface area contributed by atoms with Gasteiger partial charge in [-0.25, -0.2) is 9.69 Å². The van der Waals surface area contributed by atoms with Gasteiger partial charge in [-0.2, -0.15) is 0 Å². The molecule has 0 heterocycles. The summed E-state index contributed by atoms with van der Waals surface area (Å²) in [5, 5.41) is 19.3. The van der Waals surface area contributed by atoms with Crippen LogP contribution in [-0.2, 0) is 4.79 Å². The fraction of sp³-hybridized carbons (Fsp3) is 0.667. The van der Waals surface area contributed by atoms with Crippen molar-refractivity contribution < 1.29 is 19.9 Å². The molecule has 1 rings (SSSR count). The first-order chi connectivity index (χ1) is 7.43. The summed E-state index contributed by atoms with van der Waals surface area (Å²) >= 11 is 5.04. The zero-order valence-corrected chi connectivity index (χ0v) is 9.94. The summed E-state index contributed by atoms with van der Waals surface area (Å²) in [6.07, 6.45) is 1.15. The van der Waals surface area contributed by atoms with Crippen LogP contribution in [0.3, 0.4) is 0 Å². The molecule has 7 heteroatoms. The van der Waals surface area contributed by atoms with E-state index in [1.54, 1.807) is 0 Å². The van der Waals surface area contributed by atoms with E-state index in [4.69, 9.17) is 21.9 Å². The number of carbonyl (C=O) groups is 2. The highest BCUT2D eigenvalue weighted by Crippen LogP contribution is 2.29.